The molecule has 0 aliphatic rings. The zero-order valence-corrected chi connectivity index (χ0v) is 14.9. The van der Waals surface area contributed by atoms with Crippen LogP contribution in [0.4, 0.5) is 5.69 Å². The summed E-state index contributed by atoms with van der Waals surface area (Å²) < 4.78 is 0. The van der Waals surface area contributed by atoms with Gasteiger partial charge in [0.05, 0.1) is 0 Å². The minimum atomic E-state index is -0.0813. The summed E-state index contributed by atoms with van der Waals surface area (Å²) in [6, 6.07) is 29.8. The van der Waals surface area contributed by atoms with Crippen LogP contribution in [0, 0.1) is 0 Å². The van der Waals surface area contributed by atoms with E-state index in [9.17, 15) is 4.79 Å². The highest BCUT2D eigenvalue weighted by Gasteiger charge is 2.20. The fraction of sp³-hybridized carbons (Fsp3) is 0. The number of hydrogen-bond donors (Lipinski definition) is 1. The van der Waals surface area contributed by atoms with Crippen LogP contribution in [-0.2, 0) is 0 Å². The van der Waals surface area contributed by atoms with Crippen LogP contribution in [0.25, 0.3) is 22.3 Å². The topological polar surface area (TPSA) is 29.1 Å². The maximum absolute atomic E-state index is 13.0. The smallest absolute Gasteiger partial charge is 0.266 e. The van der Waals surface area contributed by atoms with Crippen LogP contribution in [0.3, 0.4) is 0 Å². The Bertz CT molecular complexity index is 1010. The van der Waals surface area contributed by atoms with Crippen molar-refractivity contribution < 1.29 is 4.79 Å². The number of benzene rings is 3. The second kappa shape index (κ2) is 7.38. The fourth-order valence-electron chi connectivity index (χ4n) is 2.96. The highest BCUT2D eigenvalue weighted by Crippen LogP contribution is 2.39. The van der Waals surface area contributed by atoms with E-state index in [1.165, 1.54) is 11.3 Å². The van der Waals surface area contributed by atoms with Gasteiger partial charge in [-0.15, -0.1) is 11.3 Å². The van der Waals surface area contributed by atoms with Gasteiger partial charge in [0.1, 0.15) is 4.88 Å². The van der Waals surface area contributed by atoms with Crippen molar-refractivity contribution in [3.05, 3.63) is 101 Å². The molecular formula is C23H17NOS. The van der Waals surface area contributed by atoms with Gasteiger partial charge >= 0.3 is 0 Å². The molecule has 4 aromatic rings. The molecule has 0 fully saturated rings. The summed E-state index contributed by atoms with van der Waals surface area (Å²) in [6.07, 6.45) is 0. The molecule has 1 heterocycles. The Morgan fingerprint density at radius 1 is 0.692 bits per heavy atom. The van der Waals surface area contributed by atoms with E-state index in [2.05, 4.69) is 22.8 Å². The average Bonchev–Trinajstić information content (AvgIpc) is 3.15. The van der Waals surface area contributed by atoms with E-state index in [0.717, 1.165) is 32.8 Å². The Hall–Kier alpha value is -3.17. The molecule has 0 saturated heterocycles. The predicted molar refractivity (Wildman–Crippen MR) is 110 cm³/mol. The lowest BCUT2D eigenvalue weighted by Crippen LogP contribution is -2.11. The molecule has 0 radical (unpaired) electrons. The summed E-state index contributed by atoms with van der Waals surface area (Å²) in [4.78, 5) is 13.7. The lowest BCUT2D eigenvalue weighted by molar-refractivity contribution is 0.103. The standard InChI is InChI=1S/C23H17NOS/c25-23(24-19-14-8-3-9-15-19)22-21(18-12-6-2-7-13-18)20(16-26-22)17-10-4-1-5-11-17/h1-16H,(H,24,25). The molecule has 0 spiro atoms. The zero-order chi connectivity index (χ0) is 17.8. The molecule has 0 aliphatic heterocycles. The summed E-state index contributed by atoms with van der Waals surface area (Å²) >= 11 is 1.48. The third-order valence-electron chi connectivity index (χ3n) is 4.18. The molecule has 1 aromatic heterocycles. The van der Waals surface area contributed by atoms with Crippen molar-refractivity contribution >= 4 is 22.9 Å². The number of amides is 1. The predicted octanol–water partition coefficient (Wildman–Crippen LogP) is 6.33. The van der Waals surface area contributed by atoms with Gasteiger partial charge in [0.2, 0.25) is 0 Å². The van der Waals surface area contributed by atoms with Crippen molar-refractivity contribution in [2.75, 3.05) is 5.32 Å². The van der Waals surface area contributed by atoms with Crippen LogP contribution in [0.1, 0.15) is 9.67 Å². The largest absolute Gasteiger partial charge is 0.321 e. The second-order valence-corrected chi connectivity index (χ2v) is 6.79. The van der Waals surface area contributed by atoms with E-state index in [4.69, 9.17) is 0 Å². The van der Waals surface area contributed by atoms with E-state index >= 15 is 0 Å². The molecule has 26 heavy (non-hydrogen) atoms. The highest BCUT2D eigenvalue weighted by molar-refractivity contribution is 7.13. The Morgan fingerprint density at radius 3 is 1.85 bits per heavy atom. The van der Waals surface area contributed by atoms with Gasteiger partial charge in [0, 0.05) is 22.2 Å². The fourth-order valence-corrected chi connectivity index (χ4v) is 3.95. The van der Waals surface area contributed by atoms with Crippen molar-refractivity contribution in [3.63, 3.8) is 0 Å². The molecule has 3 heteroatoms. The molecule has 0 aliphatic carbocycles. The zero-order valence-electron chi connectivity index (χ0n) is 14.1. The number of carbonyl (C=O) groups is 1. The number of rotatable bonds is 4. The van der Waals surface area contributed by atoms with Crippen LogP contribution < -0.4 is 5.32 Å². The van der Waals surface area contributed by atoms with Crippen molar-refractivity contribution in [2.24, 2.45) is 0 Å². The number of hydrogen-bond acceptors (Lipinski definition) is 2. The van der Waals surface area contributed by atoms with Crippen molar-refractivity contribution in [3.8, 4) is 22.3 Å². The van der Waals surface area contributed by atoms with E-state index in [1.54, 1.807) is 0 Å². The molecule has 0 atom stereocenters. The Kier molecular flexibility index (Phi) is 4.63. The van der Waals surface area contributed by atoms with E-state index in [0.29, 0.717) is 0 Å². The number of thiophene rings is 1. The number of nitrogens with one attached hydrogen (secondary N) is 1. The first-order chi connectivity index (χ1) is 12.8. The third kappa shape index (κ3) is 3.30. The maximum Gasteiger partial charge on any atom is 0.266 e. The SMILES string of the molecule is O=C(Nc1ccccc1)c1scc(-c2ccccc2)c1-c1ccccc1. The van der Waals surface area contributed by atoms with Gasteiger partial charge in [0.15, 0.2) is 0 Å². The van der Waals surface area contributed by atoms with Crippen LogP contribution >= 0.6 is 11.3 Å². The van der Waals surface area contributed by atoms with Gasteiger partial charge in [-0.25, -0.2) is 0 Å². The Balaban J connectivity index is 1.80. The number of anilines is 1. The Labute approximate surface area is 156 Å². The summed E-state index contributed by atoms with van der Waals surface area (Å²) in [5.41, 5.74) is 5.02. The first-order valence-corrected chi connectivity index (χ1v) is 9.29. The minimum absolute atomic E-state index is 0.0813. The van der Waals surface area contributed by atoms with Crippen molar-refractivity contribution in [2.45, 2.75) is 0 Å². The monoisotopic (exact) mass is 355 g/mol. The number of para-hydroxylation sites is 1. The van der Waals surface area contributed by atoms with Gasteiger partial charge < -0.3 is 5.32 Å². The van der Waals surface area contributed by atoms with Gasteiger partial charge in [-0.2, -0.15) is 0 Å². The molecule has 0 unspecified atom stereocenters. The molecule has 0 bridgehead atoms. The number of carbonyl (C=O) groups excluding carboxylic acids is 1. The van der Waals surface area contributed by atoms with Gasteiger partial charge in [-0.05, 0) is 23.3 Å². The van der Waals surface area contributed by atoms with E-state index in [-0.39, 0.29) is 5.91 Å². The quantitative estimate of drug-likeness (QED) is 0.455. The molecule has 0 saturated carbocycles. The minimum Gasteiger partial charge on any atom is -0.321 e. The van der Waals surface area contributed by atoms with Crippen LogP contribution in [0.15, 0.2) is 96.4 Å². The molecule has 3 aromatic carbocycles. The van der Waals surface area contributed by atoms with Gasteiger partial charge in [-0.1, -0.05) is 78.9 Å². The highest BCUT2D eigenvalue weighted by atomic mass is 32.1. The molecule has 126 valence electrons. The van der Waals surface area contributed by atoms with Gasteiger partial charge in [-0.3, -0.25) is 4.79 Å². The lowest BCUT2D eigenvalue weighted by Gasteiger charge is -2.09. The van der Waals surface area contributed by atoms with Gasteiger partial charge in [0.25, 0.3) is 5.91 Å². The van der Waals surface area contributed by atoms with E-state index in [1.807, 2.05) is 78.9 Å². The van der Waals surface area contributed by atoms with E-state index < -0.39 is 0 Å². The van der Waals surface area contributed by atoms with Crippen molar-refractivity contribution in [1.82, 2.24) is 0 Å². The summed E-state index contributed by atoms with van der Waals surface area (Å²) in [6.45, 7) is 0. The Morgan fingerprint density at radius 2 is 1.23 bits per heavy atom. The molecule has 2 nitrogen and oxygen atoms in total. The summed E-state index contributed by atoms with van der Waals surface area (Å²) in [7, 11) is 0. The summed E-state index contributed by atoms with van der Waals surface area (Å²) in [5.74, 6) is -0.0813. The normalized spacial score (nSPS) is 10.5. The molecule has 4 rings (SSSR count). The van der Waals surface area contributed by atoms with Crippen LogP contribution in [0.5, 0.6) is 0 Å². The van der Waals surface area contributed by atoms with Crippen LogP contribution in [0.2, 0.25) is 0 Å². The molecular weight excluding hydrogens is 338 g/mol. The van der Waals surface area contributed by atoms with Crippen LogP contribution in [-0.4, -0.2) is 5.91 Å². The van der Waals surface area contributed by atoms with Crippen molar-refractivity contribution in [1.29, 1.82) is 0 Å². The first-order valence-electron chi connectivity index (χ1n) is 8.41. The molecule has 1 N–H and O–H groups in total. The average molecular weight is 355 g/mol. The third-order valence-corrected chi connectivity index (χ3v) is 5.15. The first kappa shape index (κ1) is 16.3. The summed E-state index contributed by atoms with van der Waals surface area (Å²) in [5, 5.41) is 5.07. The lowest BCUT2D eigenvalue weighted by atomic mass is 9.96. The molecule has 1 amide bonds. The second-order valence-electron chi connectivity index (χ2n) is 5.91. The maximum atomic E-state index is 13.0.